The molecule has 3 heteroatoms. The van der Waals surface area contributed by atoms with Crippen LogP contribution in [0.3, 0.4) is 0 Å². The van der Waals surface area contributed by atoms with Crippen molar-refractivity contribution >= 4 is 8.80 Å². The highest BCUT2D eigenvalue weighted by atomic mass is 28.3. The maximum absolute atomic E-state index is 4.18. The number of hydrogen-bond acceptors (Lipinski definition) is 1. The third-order valence-corrected chi connectivity index (χ3v) is 7.88. The summed E-state index contributed by atoms with van der Waals surface area (Å²) in [5.74, 6) is 0. The molecule has 2 aromatic carbocycles. The molecule has 0 bridgehead atoms. The van der Waals surface area contributed by atoms with E-state index in [2.05, 4.69) is 83.8 Å². The quantitative estimate of drug-likeness (QED) is 0.552. The Morgan fingerprint density at radius 2 is 1.71 bits per heavy atom. The van der Waals surface area contributed by atoms with Crippen LogP contribution in [0.2, 0.25) is 6.55 Å². The molecule has 0 aliphatic carbocycles. The molecule has 0 aliphatic heterocycles. The average molecular weight is 335 g/mol. The zero-order chi connectivity index (χ0) is 16.8. The van der Waals surface area contributed by atoms with Gasteiger partial charge in [0.2, 0.25) is 0 Å². The maximum atomic E-state index is 4.18. The third-order valence-electron chi connectivity index (χ3n) is 4.79. The standard InChI is InChI=1S/C21H26N2Si/c1-3-7-21(24(2)17-23-15-14-22-16-23)20-12-10-19(11-13-20)18-8-5-4-6-9-18/h4-6,8-16,21,24H,3,7,17H2,1-2H3. The minimum Gasteiger partial charge on any atom is -0.341 e. The summed E-state index contributed by atoms with van der Waals surface area (Å²) >= 11 is 0. The van der Waals surface area contributed by atoms with Gasteiger partial charge in [-0.05, 0) is 28.7 Å². The van der Waals surface area contributed by atoms with Crippen LogP contribution in [-0.2, 0) is 6.17 Å². The molecule has 0 saturated heterocycles. The van der Waals surface area contributed by atoms with Gasteiger partial charge in [0.05, 0.1) is 15.1 Å². The van der Waals surface area contributed by atoms with Crippen molar-refractivity contribution in [2.75, 3.05) is 0 Å². The number of rotatable bonds is 7. The first-order valence-corrected chi connectivity index (χ1v) is 11.5. The Balaban J connectivity index is 1.78. The molecule has 0 aliphatic rings. The minimum atomic E-state index is -0.921. The van der Waals surface area contributed by atoms with Crippen LogP contribution in [0.15, 0.2) is 73.3 Å². The second kappa shape index (κ2) is 8.11. The van der Waals surface area contributed by atoms with E-state index in [1.54, 1.807) is 0 Å². The number of aromatic nitrogens is 2. The zero-order valence-corrected chi connectivity index (χ0v) is 15.8. The summed E-state index contributed by atoms with van der Waals surface area (Å²) in [4.78, 5) is 4.18. The van der Waals surface area contributed by atoms with Crippen LogP contribution < -0.4 is 0 Å². The monoisotopic (exact) mass is 334 g/mol. The largest absolute Gasteiger partial charge is 0.341 e. The molecule has 2 unspecified atom stereocenters. The van der Waals surface area contributed by atoms with Crippen LogP contribution in [0.5, 0.6) is 0 Å². The van der Waals surface area contributed by atoms with Crippen molar-refractivity contribution in [1.29, 1.82) is 0 Å². The van der Waals surface area contributed by atoms with Crippen LogP contribution in [0.4, 0.5) is 0 Å². The number of imidazole rings is 1. The van der Waals surface area contributed by atoms with E-state index in [9.17, 15) is 0 Å². The Morgan fingerprint density at radius 1 is 1.00 bits per heavy atom. The molecule has 0 amide bonds. The van der Waals surface area contributed by atoms with Gasteiger partial charge in [-0.3, -0.25) is 0 Å². The second-order valence-corrected chi connectivity index (χ2v) is 9.74. The fraction of sp³-hybridized carbons (Fsp3) is 0.286. The Hall–Kier alpha value is -2.13. The highest BCUT2D eigenvalue weighted by Gasteiger charge is 2.20. The molecule has 0 radical (unpaired) electrons. The van der Waals surface area contributed by atoms with Gasteiger partial charge >= 0.3 is 0 Å². The first-order chi connectivity index (χ1) is 11.8. The molecule has 2 nitrogen and oxygen atoms in total. The normalized spacial score (nSPS) is 13.6. The molecule has 3 rings (SSSR count). The van der Waals surface area contributed by atoms with Crippen LogP contribution >= 0.6 is 0 Å². The van der Waals surface area contributed by atoms with E-state index in [-0.39, 0.29) is 0 Å². The van der Waals surface area contributed by atoms with Crippen molar-refractivity contribution in [2.24, 2.45) is 0 Å². The molecule has 0 N–H and O–H groups in total. The van der Waals surface area contributed by atoms with E-state index >= 15 is 0 Å². The van der Waals surface area contributed by atoms with Crippen molar-refractivity contribution in [3.63, 3.8) is 0 Å². The van der Waals surface area contributed by atoms with E-state index in [1.165, 1.54) is 29.5 Å². The van der Waals surface area contributed by atoms with Gasteiger partial charge in [0.25, 0.3) is 0 Å². The van der Waals surface area contributed by atoms with E-state index in [0.29, 0.717) is 0 Å². The molecule has 2 atom stereocenters. The Morgan fingerprint density at radius 3 is 2.33 bits per heavy atom. The predicted octanol–water partition coefficient (Wildman–Crippen LogP) is 5.07. The summed E-state index contributed by atoms with van der Waals surface area (Å²) in [5, 5.41) is 0. The van der Waals surface area contributed by atoms with Gasteiger partial charge in [-0.15, -0.1) is 0 Å². The van der Waals surface area contributed by atoms with Crippen LogP contribution in [-0.4, -0.2) is 18.3 Å². The van der Waals surface area contributed by atoms with E-state index in [0.717, 1.165) is 11.7 Å². The lowest BCUT2D eigenvalue weighted by atomic mass is 10.0. The molecule has 1 aromatic heterocycles. The first-order valence-electron chi connectivity index (χ1n) is 8.89. The van der Waals surface area contributed by atoms with Crippen LogP contribution in [0.25, 0.3) is 11.1 Å². The van der Waals surface area contributed by atoms with Gasteiger partial charge in [-0.2, -0.15) is 0 Å². The van der Waals surface area contributed by atoms with E-state index < -0.39 is 8.80 Å². The minimum absolute atomic E-state index is 0.724. The summed E-state index contributed by atoms with van der Waals surface area (Å²) in [6.07, 6.45) is 9.60. The van der Waals surface area contributed by atoms with Crippen LogP contribution in [0.1, 0.15) is 30.9 Å². The van der Waals surface area contributed by atoms with Gasteiger partial charge in [0.1, 0.15) is 0 Å². The summed E-state index contributed by atoms with van der Waals surface area (Å²) < 4.78 is 2.25. The molecule has 24 heavy (non-hydrogen) atoms. The first kappa shape index (κ1) is 16.7. The van der Waals surface area contributed by atoms with Gasteiger partial charge in [-0.1, -0.05) is 74.5 Å². The Kier molecular flexibility index (Phi) is 5.65. The lowest BCUT2D eigenvalue weighted by Crippen LogP contribution is -2.26. The fourth-order valence-electron chi connectivity index (χ4n) is 3.50. The highest BCUT2D eigenvalue weighted by Crippen LogP contribution is 2.28. The maximum Gasteiger partial charge on any atom is 0.0942 e. The van der Waals surface area contributed by atoms with Crippen molar-refractivity contribution in [3.8, 4) is 11.1 Å². The molecular weight excluding hydrogens is 308 g/mol. The summed E-state index contributed by atoms with van der Waals surface area (Å²) in [6, 6.07) is 19.9. The van der Waals surface area contributed by atoms with Crippen LogP contribution in [0, 0.1) is 0 Å². The molecule has 1 heterocycles. The zero-order valence-electron chi connectivity index (χ0n) is 14.6. The molecular formula is C21H26N2Si. The SMILES string of the molecule is CCCC(c1ccc(-c2ccccc2)cc1)[SiH](C)Cn1ccnc1. The topological polar surface area (TPSA) is 17.8 Å². The number of benzene rings is 2. The lowest BCUT2D eigenvalue weighted by Gasteiger charge is -2.23. The molecule has 0 fully saturated rings. The molecule has 0 spiro atoms. The summed E-state index contributed by atoms with van der Waals surface area (Å²) in [7, 11) is -0.921. The van der Waals surface area contributed by atoms with E-state index in [4.69, 9.17) is 0 Å². The molecule has 3 aromatic rings. The third kappa shape index (κ3) is 4.03. The smallest absolute Gasteiger partial charge is 0.0942 e. The van der Waals surface area contributed by atoms with Gasteiger partial charge in [0.15, 0.2) is 0 Å². The second-order valence-electron chi connectivity index (χ2n) is 6.62. The predicted molar refractivity (Wildman–Crippen MR) is 105 cm³/mol. The van der Waals surface area contributed by atoms with Gasteiger partial charge in [-0.25, -0.2) is 4.98 Å². The Labute approximate surface area is 146 Å². The van der Waals surface area contributed by atoms with Crippen molar-refractivity contribution in [2.45, 2.75) is 38.0 Å². The number of hydrogen-bond donors (Lipinski definition) is 0. The van der Waals surface area contributed by atoms with Crippen molar-refractivity contribution in [3.05, 3.63) is 78.9 Å². The molecule has 0 saturated carbocycles. The number of nitrogens with zero attached hydrogens (tertiary/aromatic N) is 2. The average Bonchev–Trinajstić information content (AvgIpc) is 3.13. The molecule has 124 valence electrons. The van der Waals surface area contributed by atoms with Crippen molar-refractivity contribution in [1.82, 2.24) is 9.55 Å². The van der Waals surface area contributed by atoms with E-state index in [1.807, 2.05) is 12.5 Å². The van der Waals surface area contributed by atoms with Gasteiger partial charge in [0, 0.05) is 18.6 Å². The van der Waals surface area contributed by atoms with Gasteiger partial charge < -0.3 is 4.57 Å². The fourth-order valence-corrected chi connectivity index (χ4v) is 6.42. The lowest BCUT2D eigenvalue weighted by molar-refractivity contribution is 0.732. The summed E-state index contributed by atoms with van der Waals surface area (Å²) in [5.41, 5.74) is 4.83. The van der Waals surface area contributed by atoms with Crippen molar-refractivity contribution < 1.29 is 0 Å². The highest BCUT2D eigenvalue weighted by molar-refractivity contribution is 6.57. The Bertz CT molecular complexity index is 720. The summed E-state index contributed by atoms with van der Waals surface area (Å²) in [6.45, 7) is 4.79.